The number of benzene rings is 3. The molecule has 1 amide bonds. The highest BCUT2D eigenvalue weighted by molar-refractivity contribution is 7.89. The Balaban J connectivity index is 1.99. The van der Waals surface area contributed by atoms with Crippen LogP contribution in [0.2, 0.25) is 0 Å². The van der Waals surface area contributed by atoms with Gasteiger partial charge < -0.3 is 0 Å². The summed E-state index contributed by atoms with van der Waals surface area (Å²) in [7, 11) is -2.14. The predicted molar refractivity (Wildman–Crippen MR) is 122 cm³/mol. The van der Waals surface area contributed by atoms with E-state index in [0.717, 1.165) is 20.9 Å². The monoisotopic (exact) mass is 431 g/mol. The Morgan fingerprint density at radius 2 is 1.45 bits per heavy atom. The van der Waals surface area contributed by atoms with Gasteiger partial charge in [0.1, 0.15) is 7.05 Å². The van der Waals surface area contributed by atoms with Crippen LogP contribution in [0.1, 0.15) is 15.9 Å². The number of para-hydroxylation sites is 2. The molecule has 0 unspecified atom stereocenters. The minimum absolute atomic E-state index is 0.0726. The maximum absolute atomic E-state index is 13.9. The third kappa shape index (κ3) is 3.49. The molecule has 31 heavy (non-hydrogen) atoms. The highest BCUT2D eigenvalue weighted by Gasteiger charge is 2.33. The number of fused-ring (bicyclic) bond motifs is 2. The van der Waals surface area contributed by atoms with E-state index in [-0.39, 0.29) is 11.4 Å². The van der Waals surface area contributed by atoms with E-state index in [9.17, 15) is 13.2 Å². The number of carbonyl (C=O) groups is 1. The van der Waals surface area contributed by atoms with Crippen LogP contribution in [0.25, 0.3) is 21.8 Å². The quantitative estimate of drug-likeness (QED) is 0.271. The summed E-state index contributed by atoms with van der Waals surface area (Å²) >= 11 is 0. The Morgan fingerprint density at radius 3 is 1.97 bits per heavy atom. The summed E-state index contributed by atoms with van der Waals surface area (Å²) in [5.41, 5.74) is 2.99. The average Bonchev–Trinajstić information content (AvgIpc) is 2.78. The molecule has 156 valence electrons. The van der Waals surface area contributed by atoms with Crippen LogP contribution in [0, 0.1) is 6.92 Å². The van der Waals surface area contributed by atoms with Crippen molar-refractivity contribution in [3.05, 3.63) is 96.6 Å². The molecule has 0 bridgehead atoms. The van der Waals surface area contributed by atoms with E-state index in [1.54, 1.807) is 12.1 Å². The Hall–Kier alpha value is -3.51. The van der Waals surface area contributed by atoms with E-state index in [2.05, 4.69) is 6.58 Å². The number of nitrogens with zero attached hydrogens (tertiary/aromatic N) is 2. The van der Waals surface area contributed by atoms with Gasteiger partial charge in [-0.2, -0.15) is 4.57 Å². The SMILES string of the molecule is C=CCN(C(=O)c1c2ccccc2[n+](C)c2ccccc12)S(=O)(=O)c1ccc(C)cc1. The molecule has 4 rings (SSSR count). The minimum Gasteiger partial charge on any atom is -0.268 e. The van der Waals surface area contributed by atoms with Crippen LogP contribution in [0.3, 0.4) is 0 Å². The van der Waals surface area contributed by atoms with Crippen molar-refractivity contribution in [3.8, 4) is 0 Å². The van der Waals surface area contributed by atoms with Gasteiger partial charge in [0.15, 0.2) is 0 Å². The molecule has 3 aromatic carbocycles. The summed E-state index contributed by atoms with van der Waals surface area (Å²) in [4.78, 5) is 13.9. The van der Waals surface area contributed by atoms with Crippen molar-refractivity contribution in [3.63, 3.8) is 0 Å². The molecule has 0 radical (unpaired) electrons. The number of hydrogen-bond donors (Lipinski definition) is 0. The van der Waals surface area contributed by atoms with E-state index in [1.165, 1.54) is 18.2 Å². The van der Waals surface area contributed by atoms with Crippen molar-refractivity contribution < 1.29 is 17.8 Å². The van der Waals surface area contributed by atoms with Crippen LogP contribution in [-0.4, -0.2) is 25.2 Å². The van der Waals surface area contributed by atoms with Gasteiger partial charge in [-0.05, 0) is 31.2 Å². The molecule has 0 saturated heterocycles. The molecule has 4 aromatic rings. The van der Waals surface area contributed by atoms with E-state index < -0.39 is 15.9 Å². The van der Waals surface area contributed by atoms with Gasteiger partial charge in [-0.25, -0.2) is 12.7 Å². The maximum Gasteiger partial charge on any atom is 0.269 e. The molecule has 0 spiro atoms. The highest BCUT2D eigenvalue weighted by Crippen LogP contribution is 2.28. The van der Waals surface area contributed by atoms with Crippen molar-refractivity contribution in [1.82, 2.24) is 4.31 Å². The van der Waals surface area contributed by atoms with Crippen molar-refractivity contribution in [2.75, 3.05) is 6.54 Å². The van der Waals surface area contributed by atoms with Gasteiger partial charge in [0.25, 0.3) is 15.9 Å². The summed E-state index contributed by atoms with van der Waals surface area (Å²) in [6.45, 7) is 5.43. The van der Waals surface area contributed by atoms with Crippen LogP contribution < -0.4 is 4.57 Å². The van der Waals surface area contributed by atoms with Crippen molar-refractivity contribution in [1.29, 1.82) is 0 Å². The third-order valence-corrected chi connectivity index (χ3v) is 7.18. The van der Waals surface area contributed by atoms with E-state index >= 15 is 0 Å². The van der Waals surface area contributed by atoms with E-state index in [0.29, 0.717) is 16.3 Å². The van der Waals surface area contributed by atoms with Crippen molar-refractivity contribution >= 4 is 37.7 Å². The Kier molecular flexibility index (Phi) is 5.33. The van der Waals surface area contributed by atoms with Crippen LogP contribution >= 0.6 is 0 Å². The first kappa shape index (κ1) is 20.8. The van der Waals surface area contributed by atoms with Gasteiger partial charge in [-0.3, -0.25) is 4.79 Å². The Labute approximate surface area is 181 Å². The number of hydrogen-bond acceptors (Lipinski definition) is 3. The molecule has 0 aliphatic carbocycles. The number of amides is 1. The first-order valence-corrected chi connectivity index (χ1v) is 11.3. The molecule has 0 saturated carbocycles. The topological polar surface area (TPSA) is 58.3 Å². The second kappa shape index (κ2) is 7.96. The average molecular weight is 432 g/mol. The Bertz CT molecular complexity index is 1370. The molecule has 6 heteroatoms. The first-order valence-electron chi connectivity index (χ1n) is 9.90. The van der Waals surface area contributed by atoms with Crippen LogP contribution in [0.15, 0.2) is 90.3 Å². The minimum atomic E-state index is -4.07. The predicted octanol–water partition coefficient (Wildman–Crippen LogP) is 4.14. The number of carbonyl (C=O) groups excluding carboxylic acids is 1. The van der Waals surface area contributed by atoms with E-state index in [4.69, 9.17) is 0 Å². The summed E-state index contributed by atoms with van der Waals surface area (Å²) in [6, 6.07) is 21.5. The number of pyridine rings is 1. The van der Waals surface area contributed by atoms with Gasteiger partial charge in [0.05, 0.1) is 27.8 Å². The third-order valence-electron chi connectivity index (χ3n) is 5.41. The second-order valence-electron chi connectivity index (χ2n) is 7.41. The highest BCUT2D eigenvalue weighted by atomic mass is 32.2. The first-order chi connectivity index (χ1) is 14.9. The Morgan fingerprint density at radius 1 is 0.935 bits per heavy atom. The van der Waals surface area contributed by atoms with E-state index in [1.807, 2.05) is 67.1 Å². The zero-order valence-corrected chi connectivity index (χ0v) is 18.3. The lowest BCUT2D eigenvalue weighted by Crippen LogP contribution is -2.38. The van der Waals surface area contributed by atoms with Crippen LogP contribution in [0.5, 0.6) is 0 Å². The lowest BCUT2D eigenvalue weighted by atomic mass is 10.0. The molecule has 0 aliphatic rings. The summed E-state index contributed by atoms with van der Waals surface area (Å²) in [5, 5.41) is 1.39. The molecule has 0 N–H and O–H groups in total. The lowest BCUT2D eigenvalue weighted by Gasteiger charge is -2.22. The maximum atomic E-state index is 13.9. The van der Waals surface area contributed by atoms with Crippen molar-refractivity contribution in [2.24, 2.45) is 7.05 Å². The largest absolute Gasteiger partial charge is 0.269 e. The molecule has 1 heterocycles. The summed E-state index contributed by atoms with van der Waals surface area (Å²) in [6.07, 6.45) is 1.43. The number of aromatic nitrogens is 1. The zero-order valence-electron chi connectivity index (χ0n) is 17.4. The lowest BCUT2D eigenvalue weighted by molar-refractivity contribution is -0.617. The second-order valence-corrected chi connectivity index (χ2v) is 9.27. The standard InChI is InChI=1S/C25H23N2O3S/c1-4-17-27(31(29,30)19-15-13-18(2)14-16-19)25(28)24-20-9-5-7-11-22(20)26(3)23-12-8-6-10-21(23)24/h4-16H,1,17H2,2-3H3/q+1. The number of sulfonamides is 1. The normalized spacial score (nSPS) is 11.5. The van der Waals surface area contributed by atoms with Gasteiger partial charge in [-0.15, -0.1) is 6.58 Å². The summed E-state index contributed by atoms with van der Waals surface area (Å²) in [5.74, 6) is -0.575. The van der Waals surface area contributed by atoms with Gasteiger partial charge in [0, 0.05) is 12.1 Å². The summed E-state index contributed by atoms with van der Waals surface area (Å²) < 4.78 is 29.8. The van der Waals surface area contributed by atoms with Crippen molar-refractivity contribution in [2.45, 2.75) is 11.8 Å². The molecule has 0 aliphatic heterocycles. The molecule has 0 atom stereocenters. The fourth-order valence-electron chi connectivity index (χ4n) is 3.83. The smallest absolute Gasteiger partial charge is 0.268 e. The fraction of sp³-hybridized carbons (Fsp3) is 0.120. The number of rotatable bonds is 5. The van der Waals surface area contributed by atoms with Gasteiger partial charge in [-0.1, -0.05) is 48.0 Å². The molecule has 0 fully saturated rings. The van der Waals surface area contributed by atoms with Crippen LogP contribution in [0.4, 0.5) is 0 Å². The molecular formula is C25H23N2O3S+. The van der Waals surface area contributed by atoms with Crippen LogP contribution in [-0.2, 0) is 17.1 Å². The van der Waals surface area contributed by atoms with Gasteiger partial charge >= 0.3 is 0 Å². The number of aryl methyl sites for hydroxylation is 2. The molecule has 5 nitrogen and oxygen atoms in total. The molecular weight excluding hydrogens is 408 g/mol. The van der Waals surface area contributed by atoms with Gasteiger partial charge in [0.2, 0.25) is 11.0 Å². The fourth-order valence-corrected chi connectivity index (χ4v) is 5.18. The molecule has 1 aromatic heterocycles. The zero-order chi connectivity index (χ0) is 22.2.